The third-order valence-electron chi connectivity index (χ3n) is 9.56. The van der Waals surface area contributed by atoms with E-state index in [-0.39, 0.29) is 36.9 Å². The van der Waals surface area contributed by atoms with Crippen molar-refractivity contribution in [2.24, 2.45) is 21.5 Å². The van der Waals surface area contributed by atoms with Crippen molar-refractivity contribution in [2.75, 3.05) is 40.3 Å². The number of nitrogens with zero attached hydrogens (tertiary/aromatic N) is 3. The summed E-state index contributed by atoms with van der Waals surface area (Å²) in [6.07, 6.45) is 3.61. The van der Waals surface area contributed by atoms with E-state index in [0.29, 0.717) is 50.9 Å². The summed E-state index contributed by atoms with van der Waals surface area (Å²) >= 11 is 0. The Morgan fingerprint density at radius 2 is 1.45 bits per heavy atom. The van der Waals surface area contributed by atoms with Crippen LogP contribution in [0, 0.1) is 0 Å². The fraction of sp³-hybridized carbons (Fsp3) is 0.590. The molecule has 0 aliphatic rings. The Kier molecular flexibility index (Phi) is 25.6. The topological polar surface area (TPSA) is 373 Å². The molecule has 0 bridgehead atoms. The summed E-state index contributed by atoms with van der Waals surface area (Å²) in [5.41, 5.74) is 14.1. The van der Waals surface area contributed by atoms with Crippen molar-refractivity contribution in [3.63, 3.8) is 0 Å². The van der Waals surface area contributed by atoms with Gasteiger partial charge in [-0.1, -0.05) is 41.5 Å². The average molecular weight is 998 g/mol. The third kappa shape index (κ3) is 25.3. The third-order valence-corrected chi connectivity index (χ3v) is 10.8. The number of aliphatic hydroxyl groups excluding tert-OH is 1. The van der Waals surface area contributed by atoms with E-state index >= 15 is 0 Å². The van der Waals surface area contributed by atoms with Gasteiger partial charge in [-0.3, -0.25) is 23.2 Å². The number of carbonyl (C=O) groups is 2. The van der Waals surface area contributed by atoms with E-state index in [9.17, 15) is 49.1 Å². The highest BCUT2D eigenvalue weighted by molar-refractivity contribution is 7.81. The number of aliphatic imine (C=N–C) groups is 2. The van der Waals surface area contributed by atoms with Crippen LogP contribution >= 0.6 is 0 Å². The molecule has 0 saturated heterocycles. The van der Waals surface area contributed by atoms with Crippen LogP contribution in [-0.2, 0) is 55.8 Å². The molecule has 0 aliphatic carbocycles. The van der Waals surface area contributed by atoms with Gasteiger partial charge in [-0.05, 0) is 97.9 Å². The molecule has 376 valence electrons. The summed E-state index contributed by atoms with van der Waals surface area (Å²) in [7, 11) is -12.6. The molecule has 1 rings (SSSR count). The molecule has 5 unspecified atom stereocenters. The number of amides is 2. The van der Waals surface area contributed by atoms with Gasteiger partial charge in [-0.2, -0.15) is 25.3 Å². The summed E-state index contributed by atoms with van der Waals surface area (Å²) in [6.45, 7) is 12.7. The second-order valence-electron chi connectivity index (χ2n) is 15.4. The molecule has 24 nitrogen and oxygen atoms in total. The summed E-state index contributed by atoms with van der Waals surface area (Å²) in [6, 6.07) is -0.595. The van der Waals surface area contributed by atoms with Gasteiger partial charge in [0, 0.05) is 25.7 Å². The normalized spacial score (nSPS) is 15.2. The van der Waals surface area contributed by atoms with Crippen molar-refractivity contribution in [2.45, 2.75) is 110 Å². The van der Waals surface area contributed by atoms with Gasteiger partial charge in [0.2, 0.25) is 11.8 Å². The molecule has 0 heterocycles. The average Bonchev–Trinajstić information content (AvgIpc) is 3.19. The molecule has 0 aromatic heterocycles. The number of rotatable bonds is 30. The first kappa shape index (κ1) is 59.3. The lowest BCUT2D eigenvalue weighted by Gasteiger charge is -2.32. The Balaban J connectivity index is 3.36. The van der Waals surface area contributed by atoms with Crippen molar-refractivity contribution in [3.8, 4) is 5.75 Å². The van der Waals surface area contributed by atoms with Crippen molar-refractivity contribution in [1.29, 1.82) is 0 Å². The van der Waals surface area contributed by atoms with Gasteiger partial charge in [0.1, 0.15) is 12.1 Å². The molecule has 5 atom stereocenters. The van der Waals surface area contributed by atoms with Crippen molar-refractivity contribution < 1.29 is 66.2 Å². The van der Waals surface area contributed by atoms with E-state index in [4.69, 9.17) is 20.2 Å². The molecule has 66 heavy (non-hydrogen) atoms. The summed E-state index contributed by atoms with van der Waals surface area (Å²) in [5, 5.41) is 21.5. The number of hydrogen-bond donors (Lipinski definition) is 10. The van der Waals surface area contributed by atoms with Gasteiger partial charge in [0.15, 0.2) is 17.7 Å². The van der Waals surface area contributed by atoms with Gasteiger partial charge in [-0.15, -0.1) is 0 Å². The SMILES string of the molecule is C=C(C)C(O)CCC(C)=CCN=C(N)NCCCC(NC)C(=O)N(C)C(CCCNC(N)=NCC=C(C)C)C(=O)NC(C)C(OS(=O)(=O)O)c1ccc(OS(=O)(=O)O)c(COS(=O)(=O)O)c1. The Morgan fingerprint density at radius 1 is 0.879 bits per heavy atom. The highest BCUT2D eigenvalue weighted by Gasteiger charge is 2.34. The first-order valence-corrected chi connectivity index (χ1v) is 24.6. The first-order valence-electron chi connectivity index (χ1n) is 20.5. The number of aliphatic hydroxyl groups is 1. The second-order valence-corrected chi connectivity index (χ2v) is 18.6. The van der Waals surface area contributed by atoms with Gasteiger partial charge < -0.3 is 46.9 Å². The molecule has 0 aliphatic heterocycles. The highest BCUT2D eigenvalue weighted by Crippen LogP contribution is 2.30. The maximum absolute atomic E-state index is 14.1. The summed E-state index contributed by atoms with van der Waals surface area (Å²) in [5.74, 6) is -1.66. The first-order chi connectivity index (χ1) is 30.5. The molecule has 0 saturated carbocycles. The van der Waals surface area contributed by atoms with Crippen LogP contribution in [0.25, 0.3) is 0 Å². The zero-order chi connectivity index (χ0) is 50.4. The fourth-order valence-corrected chi connectivity index (χ4v) is 7.16. The maximum Gasteiger partial charge on any atom is 0.446 e. The lowest BCUT2D eigenvalue weighted by molar-refractivity contribution is -0.141. The molecule has 27 heteroatoms. The predicted molar refractivity (Wildman–Crippen MR) is 248 cm³/mol. The number of carbonyl (C=O) groups excluding carboxylic acids is 2. The molecular formula is C39H67N9O15S3. The Labute approximate surface area is 388 Å². The number of benzene rings is 1. The van der Waals surface area contributed by atoms with Crippen molar-refractivity contribution in [1.82, 2.24) is 26.2 Å². The van der Waals surface area contributed by atoms with Gasteiger partial charge in [0.05, 0.1) is 37.9 Å². The van der Waals surface area contributed by atoms with Crippen LogP contribution in [-0.4, -0.2) is 137 Å². The lowest BCUT2D eigenvalue weighted by atomic mass is 9.99. The van der Waals surface area contributed by atoms with E-state index < -0.39 is 91.3 Å². The van der Waals surface area contributed by atoms with E-state index in [2.05, 4.69) is 46.2 Å². The van der Waals surface area contributed by atoms with E-state index in [1.807, 2.05) is 32.9 Å². The van der Waals surface area contributed by atoms with Crippen LogP contribution in [0.4, 0.5) is 0 Å². The van der Waals surface area contributed by atoms with E-state index in [1.165, 1.54) is 18.9 Å². The molecule has 2 amide bonds. The summed E-state index contributed by atoms with van der Waals surface area (Å²) in [4.78, 5) is 37.8. The zero-order valence-electron chi connectivity index (χ0n) is 38.3. The molecule has 12 N–H and O–H groups in total. The fourth-order valence-electron chi connectivity index (χ4n) is 5.95. The van der Waals surface area contributed by atoms with Crippen LogP contribution in [0.15, 0.2) is 63.6 Å². The largest absolute Gasteiger partial charge is 0.446 e. The lowest BCUT2D eigenvalue weighted by Crippen LogP contribution is -2.55. The van der Waals surface area contributed by atoms with Crippen molar-refractivity contribution >= 4 is 54.9 Å². The number of nitrogens with one attached hydrogen (secondary N) is 4. The number of hydrogen-bond acceptors (Lipinski definition) is 15. The predicted octanol–water partition coefficient (Wildman–Crippen LogP) is 0.967. The van der Waals surface area contributed by atoms with Gasteiger partial charge in [-0.25, -0.2) is 18.4 Å². The summed E-state index contributed by atoms with van der Waals surface area (Å²) < 4.78 is 111. The molecule has 1 aromatic rings. The Bertz CT molecular complexity index is 2230. The number of guanidine groups is 2. The van der Waals surface area contributed by atoms with Gasteiger partial charge >= 0.3 is 31.2 Å². The molecular weight excluding hydrogens is 931 g/mol. The van der Waals surface area contributed by atoms with E-state index in [1.54, 1.807) is 14.0 Å². The van der Waals surface area contributed by atoms with Crippen LogP contribution in [0.5, 0.6) is 5.75 Å². The highest BCUT2D eigenvalue weighted by atomic mass is 32.3. The molecule has 1 aromatic carbocycles. The van der Waals surface area contributed by atoms with Crippen molar-refractivity contribution in [3.05, 3.63) is 64.8 Å². The minimum absolute atomic E-state index is 0.0328. The smallest absolute Gasteiger partial charge is 0.389 e. The van der Waals surface area contributed by atoms with Crippen LogP contribution in [0.2, 0.25) is 0 Å². The van der Waals surface area contributed by atoms with Gasteiger partial charge in [0.25, 0.3) is 0 Å². The Morgan fingerprint density at radius 3 is 1.97 bits per heavy atom. The minimum Gasteiger partial charge on any atom is -0.389 e. The second kappa shape index (κ2) is 28.5. The molecule has 0 fully saturated rings. The minimum atomic E-state index is -5.30. The number of allylic oxidation sites excluding steroid dienone is 2. The zero-order valence-corrected chi connectivity index (χ0v) is 40.7. The maximum atomic E-state index is 14.1. The van der Waals surface area contributed by atoms with Crippen LogP contribution < -0.4 is 36.9 Å². The number of likely N-dealkylation sites (N-methyl/N-ethyl adjacent to an activating group) is 2. The number of nitrogens with two attached hydrogens (primary N) is 2. The van der Waals surface area contributed by atoms with E-state index in [0.717, 1.165) is 29.3 Å². The van der Waals surface area contributed by atoms with Crippen LogP contribution in [0.1, 0.15) is 90.4 Å². The quantitative estimate of drug-likeness (QED) is 0.0169. The van der Waals surface area contributed by atoms with Crippen LogP contribution in [0.3, 0.4) is 0 Å². The molecule has 0 radical (unpaired) electrons. The molecule has 0 spiro atoms. The standard InChI is InChI=1S/C39H67N9O15S3/c1-25(2)17-21-45-38(40)44-20-10-12-32(48(8)37(51)31(42-7)11-9-19-43-39(41)46-22-18-27(5)13-15-33(49)26(3)4)36(50)47-28(6)35(63-66(58,59)60)29-14-16-34(62-65(55,56)57)30(23-29)24-61-64(52,53)54/h14,16-18,23,28,31-33,35,42,49H,3,9-13,15,19-22,24H2,1-2,4-8H3,(H,47,50)(H3,40,44,45)(H3,41,43,46)(H,52,53,54)(H,55,56,57)(H,58,59,60). The monoisotopic (exact) mass is 997 g/mol. The Hall–Kier alpha value is -4.71.